The number of hydrogen-bond acceptors (Lipinski definition) is 2. The summed E-state index contributed by atoms with van der Waals surface area (Å²) in [6.07, 6.45) is 1.16. The van der Waals surface area contributed by atoms with E-state index in [1.54, 1.807) is 12.1 Å². The van der Waals surface area contributed by atoms with E-state index in [4.69, 9.17) is 11.6 Å². The van der Waals surface area contributed by atoms with Crippen LogP contribution in [0.5, 0.6) is 0 Å². The molecule has 4 heteroatoms. The minimum Gasteiger partial charge on any atom is -0.311 e. The first-order chi connectivity index (χ1) is 8.69. The molecular formula is C14H22ClFN2. The van der Waals surface area contributed by atoms with Crippen LogP contribution in [0.2, 0.25) is 5.02 Å². The standard InChI is InChI=1S/C14H22ClFN2/c1-3-9-18(4-2)10-8-17-11-12-13(15)6-5-7-14(12)16/h5-7,17H,3-4,8-11H2,1-2H3. The van der Waals surface area contributed by atoms with Crippen LogP contribution in [0.4, 0.5) is 4.39 Å². The lowest BCUT2D eigenvalue weighted by molar-refractivity contribution is 0.287. The minimum atomic E-state index is -0.240. The van der Waals surface area contributed by atoms with E-state index in [2.05, 4.69) is 24.1 Å². The second-order valence-corrected chi connectivity index (χ2v) is 4.72. The van der Waals surface area contributed by atoms with Gasteiger partial charge in [-0.25, -0.2) is 4.39 Å². The Kier molecular flexibility index (Phi) is 7.25. The number of hydrogen-bond donors (Lipinski definition) is 1. The Labute approximate surface area is 114 Å². The lowest BCUT2D eigenvalue weighted by Crippen LogP contribution is -2.32. The van der Waals surface area contributed by atoms with E-state index in [0.29, 0.717) is 17.1 Å². The Hall–Kier alpha value is -0.640. The van der Waals surface area contributed by atoms with Crippen molar-refractivity contribution in [3.8, 4) is 0 Å². The Morgan fingerprint density at radius 1 is 1.28 bits per heavy atom. The van der Waals surface area contributed by atoms with Crippen LogP contribution in [0, 0.1) is 5.82 Å². The SMILES string of the molecule is CCCN(CC)CCNCc1c(F)cccc1Cl. The van der Waals surface area contributed by atoms with Crippen molar-refractivity contribution in [2.24, 2.45) is 0 Å². The average Bonchev–Trinajstić information content (AvgIpc) is 2.36. The molecule has 0 saturated heterocycles. The molecule has 0 aliphatic heterocycles. The van der Waals surface area contributed by atoms with Crippen molar-refractivity contribution in [3.63, 3.8) is 0 Å². The number of likely N-dealkylation sites (N-methyl/N-ethyl adjacent to an activating group) is 1. The molecule has 0 aliphatic rings. The fraction of sp³-hybridized carbons (Fsp3) is 0.571. The highest BCUT2D eigenvalue weighted by Crippen LogP contribution is 2.18. The second-order valence-electron chi connectivity index (χ2n) is 4.31. The van der Waals surface area contributed by atoms with Crippen molar-refractivity contribution in [2.45, 2.75) is 26.8 Å². The maximum Gasteiger partial charge on any atom is 0.129 e. The summed E-state index contributed by atoms with van der Waals surface area (Å²) in [5, 5.41) is 3.73. The van der Waals surface area contributed by atoms with E-state index in [1.165, 1.54) is 6.07 Å². The van der Waals surface area contributed by atoms with Gasteiger partial charge in [0.1, 0.15) is 5.82 Å². The highest BCUT2D eigenvalue weighted by molar-refractivity contribution is 6.31. The molecular weight excluding hydrogens is 251 g/mol. The van der Waals surface area contributed by atoms with Gasteiger partial charge in [0.25, 0.3) is 0 Å². The zero-order valence-electron chi connectivity index (χ0n) is 11.2. The summed E-state index contributed by atoms with van der Waals surface area (Å²) in [4.78, 5) is 2.37. The molecule has 1 aromatic carbocycles. The van der Waals surface area contributed by atoms with Crippen LogP contribution < -0.4 is 5.32 Å². The number of nitrogens with zero attached hydrogens (tertiary/aromatic N) is 1. The molecule has 0 fully saturated rings. The van der Waals surface area contributed by atoms with Crippen molar-refractivity contribution >= 4 is 11.6 Å². The summed E-state index contributed by atoms with van der Waals surface area (Å²) in [6, 6.07) is 4.79. The average molecular weight is 273 g/mol. The zero-order valence-corrected chi connectivity index (χ0v) is 11.9. The molecule has 2 nitrogen and oxygen atoms in total. The highest BCUT2D eigenvalue weighted by atomic mass is 35.5. The van der Waals surface area contributed by atoms with Gasteiger partial charge in [-0.2, -0.15) is 0 Å². The van der Waals surface area contributed by atoms with Crippen molar-refractivity contribution in [1.82, 2.24) is 10.2 Å². The van der Waals surface area contributed by atoms with Crippen molar-refractivity contribution in [2.75, 3.05) is 26.2 Å². The molecule has 1 rings (SSSR count). The predicted molar refractivity (Wildman–Crippen MR) is 75.5 cm³/mol. The first-order valence-electron chi connectivity index (χ1n) is 6.55. The lowest BCUT2D eigenvalue weighted by Gasteiger charge is -2.19. The molecule has 0 amide bonds. The van der Waals surface area contributed by atoms with Crippen molar-refractivity contribution in [1.29, 1.82) is 0 Å². The quantitative estimate of drug-likeness (QED) is 0.731. The Balaban J connectivity index is 2.33. The van der Waals surface area contributed by atoms with Gasteiger partial charge in [0.15, 0.2) is 0 Å². The fourth-order valence-corrected chi connectivity index (χ4v) is 2.13. The molecule has 18 heavy (non-hydrogen) atoms. The fourth-order valence-electron chi connectivity index (χ4n) is 1.90. The third kappa shape index (κ3) is 4.92. The number of nitrogens with one attached hydrogen (secondary N) is 1. The Morgan fingerprint density at radius 3 is 2.67 bits per heavy atom. The van der Waals surface area contributed by atoms with Gasteiger partial charge in [-0.1, -0.05) is 31.5 Å². The number of benzene rings is 1. The van der Waals surface area contributed by atoms with Gasteiger partial charge in [-0.3, -0.25) is 0 Å². The molecule has 0 radical (unpaired) electrons. The topological polar surface area (TPSA) is 15.3 Å². The van der Waals surface area contributed by atoms with Crippen LogP contribution in [0.3, 0.4) is 0 Å². The third-order valence-corrected chi connectivity index (χ3v) is 3.31. The largest absolute Gasteiger partial charge is 0.311 e. The lowest BCUT2D eigenvalue weighted by atomic mass is 10.2. The van der Waals surface area contributed by atoms with E-state index < -0.39 is 0 Å². The van der Waals surface area contributed by atoms with E-state index in [0.717, 1.165) is 32.6 Å². The van der Waals surface area contributed by atoms with E-state index in [9.17, 15) is 4.39 Å². The summed E-state index contributed by atoms with van der Waals surface area (Å²) >= 11 is 5.96. The maximum atomic E-state index is 13.5. The van der Waals surface area contributed by atoms with E-state index in [1.807, 2.05) is 0 Å². The smallest absolute Gasteiger partial charge is 0.129 e. The van der Waals surface area contributed by atoms with Crippen LogP contribution >= 0.6 is 11.6 Å². The van der Waals surface area contributed by atoms with Crippen LogP contribution in [0.25, 0.3) is 0 Å². The van der Waals surface area contributed by atoms with Crippen LogP contribution in [-0.2, 0) is 6.54 Å². The molecule has 0 unspecified atom stereocenters. The molecule has 0 spiro atoms. The molecule has 0 saturated carbocycles. The molecule has 0 bridgehead atoms. The molecule has 0 atom stereocenters. The molecule has 1 N–H and O–H groups in total. The zero-order chi connectivity index (χ0) is 13.4. The van der Waals surface area contributed by atoms with Crippen molar-refractivity contribution < 1.29 is 4.39 Å². The predicted octanol–water partition coefficient (Wildman–Crippen LogP) is 3.30. The molecule has 0 heterocycles. The summed E-state index contributed by atoms with van der Waals surface area (Å²) < 4.78 is 13.5. The van der Waals surface area contributed by atoms with Crippen LogP contribution in [0.1, 0.15) is 25.8 Å². The maximum absolute atomic E-state index is 13.5. The van der Waals surface area contributed by atoms with Gasteiger partial charge in [-0.15, -0.1) is 0 Å². The van der Waals surface area contributed by atoms with Gasteiger partial charge in [0.05, 0.1) is 0 Å². The number of rotatable bonds is 8. The normalized spacial score (nSPS) is 11.2. The van der Waals surface area contributed by atoms with E-state index >= 15 is 0 Å². The minimum absolute atomic E-state index is 0.240. The summed E-state index contributed by atoms with van der Waals surface area (Å²) in [6.45, 7) is 8.80. The third-order valence-electron chi connectivity index (χ3n) is 2.96. The Bertz CT molecular complexity index is 337. The van der Waals surface area contributed by atoms with E-state index in [-0.39, 0.29) is 5.82 Å². The van der Waals surface area contributed by atoms with Gasteiger partial charge in [0.2, 0.25) is 0 Å². The highest BCUT2D eigenvalue weighted by Gasteiger charge is 2.06. The summed E-state index contributed by atoms with van der Waals surface area (Å²) in [5.74, 6) is -0.240. The van der Waals surface area contributed by atoms with Crippen LogP contribution in [-0.4, -0.2) is 31.1 Å². The molecule has 0 aliphatic carbocycles. The summed E-state index contributed by atoms with van der Waals surface area (Å²) in [7, 11) is 0. The number of halogens is 2. The summed E-state index contributed by atoms with van der Waals surface area (Å²) in [5.41, 5.74) is 0.553. The second kappa shape index (κ2) is 8.46. The van der Waals surface area contributed by atoms with Gasteiger partial charge in [0, 0.05) is 30.2 Å². The molecule has 1 aromatic rings. The molecule has 102 valence electrons. The van der Waals surface area contributed by atoms with Gasteiger partial charge >= 0.3 is 0 Å². The van der Waals surface area contributed by atoms with Gasteiger partial charge in [-0.05, 0) is 31.6 Å². The van der Waals surface area contributed by atoms with Crippen molar-refractivity contribution in [3.05, 3.63) is 34.6 Å². The first kappa shape index (κ1) is 15.4. The Morgan fingerprint density at radius 2 is 2.06 bits per heavy atom. The molecule has 0 aromatic heterocycles. The first-order valence-corrected chi connectivity index (χ1v) is 6.92. The van der Waals surface area contributed by atoms with Gasteiger partial charge < -0.3 is 10.2 Å². The monoisotopic (exact) mass is 272 g/mol. The van der Waals surface area contributed by atoms with Crippen LogP contribution in [0.15, 0.2) is 18.2 Å².